The molecule has 1 aliphatic rings. The number of carbonyl (C=O) groups excluding carboxylic acids is 1. The first kappa shape index (κ1) is 10.6. The van der Waals surface area contributed by atoms with E-state index in [0.29, 0.717) is 12.5 Å². The van der Waals surface area contributed by atoms with Gasteiger partial charge in [0.1, 0.15) is 6.04 Å². The van der Waals surface area contributed by atoms with E-state index in [1.54, 1.807) is 11.3 Å². The minimum absolute atomic E-state index is 0.0449. The highest BCUT2D eigenvalue weighted by molar-refractivity contribution is 9.11. The molecule has 1 unspecified atom stereocenters. The summed E-state index contributed by atoms with van der Waals surface area (Å²) in [6, 6.07) is 3.57. The van der Waals surface area contributed by atoms with Crippen molar-refractivity contribution in [3.63, 3.8) is 0 Å². The number of nitrogens with zero attached hydrogens (tertiary/aromatic N) is 1. The summed E-state index contributed by atoms with van der Waals surface area (Å²) in [5, 5.41) is 5.75. The van der Waals surface area contributed by atoms with Crippen LogP contribution in [0.4, 0.5) is 0 Å². The van der Waals surface area contributed by atoms with Crippen molar-refractivity contribution >= 4 is 39.1 Å². The third kappa shape index (κ3) is 2.21. The minimum Gasteiger partial charge on any atom is -0.340 e. The summed E-state index contributed by atoms with van der Waals surface area (Å²) in [6.45, 7) is 2.58. The van der Waals surface area contributed by atoms with Gasteiger partial charge in [0, 0.05) is 11.4 Å². The maximum atomic E-state index is 11.6. The Morgan fingerprint density at radius 2 is 2.40 bits per heavy atom. The van der Waals surface area contributed by atoms with Gasteiger partial charge in [-0.05, 0) is 35.0 Å². The summed E-state index contributed by atoms with van der Waals surface area (Å²) in [5.41, 5.74) is 0. The van der Waals surface area contributed by atoms with Gasteiger partial charge >= 0.3 is 0 Å². The van der Waals surface area contributed by atoms with Gasteiger partial charge in [-0.3, -0.25) is 15.1 Å². The second kappa shape index (κ2) is 4.32. The van der Waals surface area contributed by atoms with Crippen molar-refractivity contribution in [1.29, 1.82) is 0 Å². The molecule has 0 aliphatic carbocycles. The summed E-state index contributed by atoms with van der Waals surface area (Å²) in [6.07, 6.45) is 0. The molecule has 1 saturated heterocycles. The van der Waals surface area contributed by atoms with Gasteiger partial charge in [0.15, 0.2) is 5.96 Å². The maximum Gasteiger partial charge on any atom is 0.254 e. The van der Waals surface area contributed by atoms with E-state index in [-0.39, 0.29) is 11.9 Å². The number of aliphatic imine (C=N–C) groups is 1. The fourth-order valence-corrected chi connectivity index (χ4v) is 2.83. The second-order valence-electron chi connectivity index (χ2n) is 3.03. The number of nitrogens with one attached hydrogen (secondary N) is 2. The van der Waals surface area contributed by atoms with E-state index in [4.69, 9.17) is 0 Å². The number of rotatable bonds is 2. The Hall–Kier alpha value is -0.880. The molecule has 6 heteroatoms. The maximum absolute atomic E-state index is 11.6. The number of thiophene rings is 1. The molecule has 15 heavy (non-hydrogen) atoms. The van der Waals surface area contributed by atoms with Crippen molar-refractivity contribution < 1.29 is 4.79 Å². The molecule has 4 nitrogen and oxygen atoms in total. The van der Waals surface area contributed by atoms with Crippen LogP contribution in [0.2, 0.25) is 0 Å². The number of carbonyl (C=O) groups is 1. The van der Waals surface area contributed by atoms with Crippen LogP contribution in [0.15, 0.2) is 20.9 Å². The largest absolute Gasteiger partial charge is 0.340 e. The lowest BCUT2D eigenvalue weighted by molar-refractivity contribution is -0.120. The lowest BCUT2D eigenvalue weighted by atomic mass is 10.2. The van der Waals surface area contributed by atoms with Gasteiger partial charge in [0.05, 0.1) is 3.79 Å². The molecule has 0 spiro atoms. The number of halogens is 1. The summed E-state index contributed by atoms with van der Waals surface area (Å²) >= 11 is 4.92. The van der Waals surface area contributed by atoms with Crippen LogP contribution >= 0.6 is 27.3 Å². The van der Waals surface area contributed by atoms with E-state index in [1.165, 1.54) is 0 Å². The quantitative estimate of drug-likeness (QED) is 0.869. The lowest BCUT2D eigenvalue weighted by Crippen LogP contribution is -2.25. The zero-order valence-corrected chi connectivity index (χ0v) is 10.5. The Labute approximate surface area is 99.9 Å². The van der Waals surface area contributed by atoms with Crippen molar-refractivity contribution in [2.45, 2.75) is 13.0 Å². The SMILES string of the molecule is CCN=C1NC(=O)C(c2ccc(Br)s2)N1. The van der Waals surface area contributed by atoms with E-state index >= 15 is 0 Å². The average molecular weight is 288 g/mol. The zero-order chi connectivity index (χ0) is 10.8. The molecule has 1 amide bonds. The first-order valence-electron chi connectivity index (χ1n) is 4.58. The van der Waals surface area contributed by atoms with E-state index in [0.717, 1.165) is 8.66 Å². The lowest BCUT2D eigenvalue weighted by Gasteiger charge is -2.03. The van der Waals surface area contributed by atoms with Gasteiger partial charge in [0.25, 0.3) is 5.91 Å². The summed E-state index contributed by atoms with van der Waals surface area (Å²) < 4.78 is 1.02. The third-order valence-corrected chi connectivity index (χ3v) is 3.67. The summed E-state index contributed by atoms with van der Waals surface area (Å²) in [7, 11) is 0. The van der Waals surface area contributed by atoms with Crippen LogP contribution in [0.5, 0.6) is 0 Å². The van der Waals surface area contributed by atoms with Crippen LogP contribution in [0.25, 0.3) is 0 Å². The smallest absolute Gasteiger partial charge is 0.254 e. The van der Waals surface area contributed by atoms with Crippen LogP contribution in [0.3, 0.4) is 0 Å². The fraction of sp³-hybridized carbons (Fsp3) is 0.333. The molecule has 1 aromatic heterocycles. The van der Waals surface area contributed by atoms with Crippen molar-refractivity contribution in [3.05, 3.63) is 20.8 Å². The highest BCUT2D eigenvalue weighted by atomic mass is 79.9. The minimum atomic E-state index is -0.299. The van der Waals surface area contributed by atoms with E-state index in [9.17, 15) is 4.79 Å². The molecule has 0 aromatic carbocycles. The molecular formula is C9H10BrN3OS. The molecule has 0 radical (unpaired) electrons. The van der Waals surface area contributed by atoms with Gasteiger partial charge < -0.3 is 5.32 Å². The average Bonchev–Trinajstić information content (AvgIpc) is 2.73. The molecule has 2 N–H and O–H groups in total. The van der Waals surface area contributed by atoms with Crippen LogP contribution in [0.1, 0.15) is 17.8 Å². The predicted molar refractivity (Wildman–Crippen MR) is 64.0 cm³/mol. The second-order valence-corrected chi connectivity index (χ2v) is 5.53. The molecule has 1 aromatic rings. The number of hydrogen-bond donors (Lipinski definition) is 2. The van der Waals surface area contributed by atoms with Crippen molar-refractivity contribution in [1.82, 2.24) is 10.6 Å². The van der Waals surface area contributed by atoms with Crippen molar-refractivity contribution in [3.8, 4) is 0 Å². The summed E-state index contributed by atoms with van der Waals surface area (Å²) in [5.74, 6) is 0.522. The Bertz CT molecular complexity index is 415. The number of guanidine groups is 1. The first-order valence-corrected chi connectivity index (χ1v) is 6.18. The number of hydrogen-bond acceptors (Lipinski definition) is 3. The van der Waals surface area contributed by atoms with E-state index < -0.39 is 0 Å². The standard InChI is InChI=1S/C9H10BrN3OS/c1-2-11-9-12-7(8(14)13-9)5-3-4-6(10)15-5/h3-4,7H,2H2,1H3,(H2,11,12,13,14). The zero-order valence-electron chi connectivity index (χ0n) is 8.08. The highest BCUT2D eigenvalue weighted by Crippen LogP contribution is 2.28. The van der Waals surface area contributed by atoms with Gasteiger partial charge in [-0.2, -0.15) is 0 Å². The molecule has 1 fully saturated rings. The molecule has 2 heterocycles. The predicted octanol–water partition coefficient (Wildman–Crippen LogP) is 1.65. The first-order chi connectivity index (χ1) is 7.20. The van der Waals surface area contributed by atoms with E-state index in [2.05, 4.69) is 31.6 Å². The molecule has 1 aliphatic heterocycles. The Kier molecular flexibility index (Phi) is 3.06. The highest BCUT2D eigenvalue weighted by Gasteiger charge is 2.30. The van der Waals surface area contributed by atoms with Crippen LogP contribution in [0, 0.1) is 0 Å². The molecule has 0 bridgehead atoms. The van der Waals surface area contributed by atoms with Gasteiger partial charge in [-0.1, -0.05) is 0 Å². The Morgan fingerprint density at radius 3 is 3.00 bits per heavy atom. The van der Waals surface area contributed by atoms with Crippen molar-refractivity contribution in [2.24, 2.45) is 4.99 Å². The normalized spacial score (nSPS) is 22.9. The molecule has 80 valence electrons. The molecular weight excluding hydrogens is 278 g/mol. The van der Waals surface area contributed by atoms with Gasteiger partial charge in [0.2, 0.25) is 0 Å². The topological polar surface area (TPSA) is 53.5 Å². The Balaban J connectivity index is 2.18. The fourth-order valence-electron chi connectivity index (χ4n) is 1.35. The monoisotopic (exact) mass is 287 g/mol. The van der Waals surface area contributed by atoms with E-state index in [1.807, 2.05) is 19.1 Å². The molecule has 0 saturated carbocycles. The van der Waals surface area contributed by atoms with Crippen LogP contribution in [-0.4, -0.2) is 18.4 Å². The van der Waals surface area contributed by atoms with Crippen LogP contribution < -0.4 is 10.6 Å². The van der Waals surface area contributed by atoms with Gasteiger partial charge in [-0.25, -0.2) is 0 Å². The van der Waals surface area contributed by atoms with Gasteiger partial charge in [-0.15, -0.1) is 11.3 Å². The van der Waals surface area contributed by atoms with Crippen molar-refractivity contribution in [2.75, 3.05) is 6.54 Å². The Morgan fingerprint density at radius 1 is 1.60 bits per heavy atom. The number of amides is 1. The summed E-state index contributed by atoms with van der Waals surface area (Å²) in [4.78, 5) is 16.7. The third-order valence-electron chi connectivity index (χ3n) is 1.98. The van der Waals surface area contributed by atoms with Crippen LogP contribution in [-0.2, 0) is 4.79 Å². The molecule has 2 rings (SSSR count). The molecule has 1 atom stereocenters.